The molecule has 0 saturated carbocycles. The standard InChI is InChI=1S/C23H26FN7O/c1-16-4-2-3-5-17(16)14-21(32)31-12-10-30(11-13-31)15-20-27-22(25)29-23(28-20)26-19-8-6-18(24)7-9-19/h2-9H,10-15H2,1H3,(H3,25,26,27,28,29). The van der Waals surface area contributed by atoms with Gasteiger partial charge in [0.25, 0.3) is 0 Å². The second-order valence-electron chi connectivity index (χ2n) is 7.83. The Balaban J connectivity index is 1.32. The van der Waals surface area contributed by atoms with E-state index in [0.29, 0.717) is 43.5 Å². The second kappa shape index (κ2) is 9.69. The first-order valence-electron chi connectivity index (χ1n) is 10.5. The lowest BCUT2D eigenvalue weighted by Crippen LogP contribution is -2.48. The predicted octanol–water partition coefficient (Wildman–Crippen LogP) is 2.53. The van der Waals surface area contributed by atoms with Gasteiger partial charge in [0, 0.05) is 31.9 Å². The molecule has 4 rings (SSSR count). The van der Waals surface area contributed by atoms with Crippen molar-refractivity contribution in [3.63, 3.8) is 0 Å². The van der Waals surface area contributed by atoms with E-state index in [0.717, 1.165) is 24.2 Å². The third-order valence-electron chi connectivity index (χ3n) is 5.49. The Morgan fingerprint density at radius 1 is 1.03 bits per heavy atom. The molecule has 3 N–H and O–H groups in total. The summed E-state index contributed by atoms with van der Waals surface area (Å²) in [7, 11) is 0. The maximum absolute atomic E-state index is 13.1. The van der Waals surface area contributed by atoms with Crippen molar-refractivity contribution in [3.05, 3.63) is 71.3 Å². The number of aryl methyl sites for hydroxylation is 1. The molecule has 0 spiro atoms. The molecule has 0 aliphatic carbocycles. The first-order valence-corrected chi connectivity index (χ1v) is 10.5. The van der Waals surface area contributed by atoms with Crippen molar-refractivity contribution in [3.8, 4) is 0 Å². The lowest BCUT2D eigenvalue weighted by molar-refractivity contribution is -0.132. The van der Waals surface area contributed by atoms with E-state index in [1.165, 1.54) is 12.1 Å². The van der Waals surface area contributed by atoms with Crippen molar-refractivity contribution in [2.24, 2.45) is 0 Å². The third-order valence-corrected chi connectivity index (χ3v) is 5.49. The van der Waals surface area contributed by atoms with E-state index >= 15 is 0 Å². The number of anilines is 3. The molecule has 1 aromatic heterocycles. The minimum atomic E-state index is -0.317. The van der Waals surface area contributed by atoms with Crippen molar-refractivity contribution in [2.45, 2.75) is 19.9 Å². The van der Waals surface area contributed by atoms with Crippen molar-refractivity contribution in [1.29, 1.82) is 0 Å². The molecule has 0 unspecified atom stereocenters. The summed E-state index contributed by atoms with van der Waals surface area (Å²) in [5.74, 6) is 0.802. The minimum absolute atomic E-state index is 0.117. The van der Waals surface area contributed by atoms with Gasteiger partial charge in [-0.25, -0.2) is 4.39 Å². The summed E-state index contributed by atoms with van der Waals surface area (Å²) in [6, 6.07) is 13.9. The number of hydrogen-bond acceptors (Lipinski definition) is 7. The van der Waals surface area contributed by atoms with E-state index < -0.39 is 0 Å². The molecule has 166 valence electrons. The molecule has 32 heavy (non-hydrogen) atoms. The number of nitrogen functional groups attached to an aromatic ring is 1. The van der Waals surface area contributed by atoms with Crippen LogP contribution in [0, 0.1) is 12.7 Å². The summed E-state index contributed by atoms with van der Waals surface area (Å²) in [6.45, 7) is 5.31. The van der Waals surface area contributed by atoms with Crippen molar-refractivity contribution >= 4 is 23.5 Å². The Morgan fingerprint density at radius 3 is 2.47 bits per heavy atom. The number of nitrogens with zero attached hydrogens (tertiary/aromatic N) is 5. The lowest BCUT2D eigenvalue weighted by atomic mass is 10.1. The quantitative estimate of drug-likeness (QED) is 0.614. The summed E-state index contributed by atoms with van der Waals surface area (Å²) in [5.41, 5.74) is 8.72. The molecule has 2 aromatic carbocycles. The highest BCUT2D eigenvalue weighted by Crippen LogP contribution is 2.16. The maximum Gasteiger partial charge on any atom is 0.232 e. The SMILES string of the molecule is Cc1ccccc1CC(=O)N1CCN(Cc2nc(N)nc(Nc3ccc(F)cc3)n2)CC1. The number of nitrogens with two attached hydrogens (primary N) is 1. The Kier molecular flexibility index (Phi) is 6.55. The first kappa shape index (κ1) is 21.6. The van der Waals surface area contributed by atoms with Gasteiger partial charge < -0.3 is 16.0 Å². The van der Waals surface area contributed by atoms with Crippen LogP contribution in [0.2, 0.25) is 0 Å². The summed E-state index contributed by atoms with van der Waals surface area (Å²) < 4.78 is 13.1. The van der Waals surface area contributed by atoms with E-state index in [4.69, 9.17) is 5.73 Å². The number of benzene rings is 2. The molecule has 1 saturated heterocycles. The Hall–Kier alpha value is -3.59. The highest BCUT2D eigenvalue weighted by molar-refractivity contribution is 5.79. The van der Waals surface area contributed by atoms with Crippen LogP contribution < -0.4 is 11.1 Å². The van der Waals surface area contributed by atoms with E-state index in [9.17, 15) is 9.18 Å². The topological polar surface area (TPSA) is 100 Å². The number of hydrogen-bond donors (Lipinski definition) is 2. The molecule has 1 aliphatic rings. The number of piperazine rings is 1. The summed E-state index contributed by atoms with van der Waals surface area (Å²) in [6.07, 6.45) is 0.426. The molecule has 3 aromatic rings. The van der Waals surface area contributed by atoms with Gasteiger partial charge in [0.2, 0.25) is 17.8 Å². The Bertz CT molecular complexity index is 1080. The van der Waals surface area contributed by atoms with Gasteiger partial charge in [0.1, 0.15) is 11.6 Å². The molecule has 0 radical (unpaired) electrons. The predicted molar refractivity (Wildman–Crippen MR) is 121 cm³/mol. The molecule has 0 bridgehead atoms. The smallest absolute Gasteiger partial charge is 0.232 e. The number of carbonyl (C=O) groups excluding carboxylic acids is 1. The number of rotatable bonds is 6. The second-order valence-corrected chi connectivity index (χ2v) is 7.83. The van der Waals surface area contributed by atoms with Gasteiger partial charge in [-0.3, -0.25) is 9.69 Å². The molecule has 1 aliphatic heterocycles. The fourth-order valence-electron chi connectivity index (χ4n) is 3.67. The fourth-order valence-corrected chi connectivity index (χ4v) is 3.67. The molecular weight excluding hydrogens is 409 g/mol. The molecular formula is C23H26FN7O. The lowest BCUT2D eigenvalue weighted by Gasteiger charge is -2.34. The van der Waals surface area contributed by atoms with E-state index in [-0.39, 0.29) is 17.7 Å². The van der Waals surface area contributed by atoms with E-state index in [1.807, 2.05) is 36.1 Å². The van der Waals surface area contributed by atoms with E-state index in [1.54, 1.807) is 12.1 Å². The van der Waals surface area contributed by atoms with Gasteiger partial charge in [-0.15, -0.1) is 0 Å². The summed E-state index contributed by atoms with van der Waals surface area (Å²) in [4.78, 5) is 29.6. The molecule has 1 amide bonds. The molecule has 0 atom stereocenters. The molecule has 2 heterocycles. The number of carbonyl (C=O) groups is 1. The van der Waals surface area contributed by atoms with Gasteiger partial charge >= 0.3 is 0 Å². The van der Waals surface area contributed by atoms with Crippen LogP contribution in [-0.2, 0) is 17.8 Å². The number of amides is 1. The zero-order valence-corrected chi connectivity index (χ0v) is 18.0. The van der Waals surface area contributed by atoms with Crippen LogP contribution in [0.15, 0.2) is 48.5 Å². The van der Waals surface area contributed by atoms with Crippen LogP contribution in [0.4, 0.5) is 22.0 Å². The van der Waals surface area contributed by atoms with Crippen LogP contribution in [0.3, 0.4) is 0 Å². The average molecular weight is 436 g/mol. The summed E-state index contributed by atoms with van der Waals surface area (Å²) >= 11 is 0. The van der Waals surface area contributed by atoms with Crippen LogP contribution in [0.25, 0.3) is 0 Å². The van der Waals surface area contributed by atoms with Crippen LogP contribution in [0.1, 0.15) is 17.0 Å². The minimum Gasteiger partial charge on any atom is -0.368 e. The highest BCUT2D eigenvalue weighted by Gasteiger charge is 2.22. The monoisotopic (exact) mass is 435 g/mol. The Labute approximate surface area is 186 Å². The maximum atomic E-state index is 13.1. The van der Waals surface area contributed by atoms with Gasteiger partial charge in [0.15, 0.2) is 0 Å². The Morgan fingerprint density at radius 2 is 1.75 bits per heavy atom. The zero-order chi connectivity index (χ0) is 22.5. The first-order chi connectivity index (χ1) is 15.5. The highest BCUT2D eigenvalue weighted by atomic mass is 19.1. The van der Waals surface area contributed by atoms with Gasteiger partial charge in [-0.2, -0.15) is 15.0 Å². The van der Waals surface area contributed by atoms with Crippen molar-refractivity contribution in [1.82, 2.24) is 24.8 Å². The van der Waals surface area contributed by atoms with Gasteiger partial charge in [-0.1, -0.05) is 24.3 Å². The van der Waals surface area contributed by atoms with Gasteiger partial charge in [-0.05, 0) is 42.3 Å². The number of aromatic nitrogens is 3. The molecule has 1 fully saturated rings. The van der Waals surface area contributed by atoms with Crippen LogP contribution in [-0.4, -0.2) is 56.8 Å². The van der Waals surface area contributed by atoms with Crippen molar-refractivity contribution in [2.75, 3.05) is 37.2 Å². The fraction of sp³-hybridized carbons (Fsp3) is 0.304. The van der Waals surface area contributed by atoms with Crippen LogP contribution >= 0.6 is 0 Å². The van der Waals surface area contributed by atoms with E-state index in [2.05, 4.69) is 25.2 Å². The largest absolute Gasteiger partial charge is 0.368 e. The molecule has 9 heteroatoms. The van der Waals surface area contributed by atoms with Crippen LogP contribution in [0.5, 0.6) is 0 Å². The average Bonchev–Trinajstić information content (AvgIpc) is 2.77. The normalized spacial score (nSPS) is 14.4. The third kappa shape index (κ3) is 5.55. The van der Waals surface area contributed by atoms with Crippen molar-refractivity contribution < 1.29 is 9.18 Å². The summed E-state index contributed by atoms with van der Waals surface area (Å²) in [5, 5.41) is 3.02. The number of halogens is 1. The number of nitrogens with one attached hydrogen (secondary N) is 1. The van der Waals surface area contributed by atoms with Gasteiger partial charge in [0.05, 0.1) is 13.0 Å². The molecule has 8 nitrogen and oxygen atoms in total. The zero-order valence-electron chi connectivity index (χ0n) is 18.0.